The first-order valence-electron chi connectivity index (χ1n) is 8.47. The molecule has 3 rings (SSSR count). The molecule has 0 bridgehead atoms. The predicted octanol–water partition coefficient (Wildman–Crippen LogP) is 2.46. The predicted molar refractivity (Wildman–Crippen MR) is 95.2 cm³/mol. The summed E-state index contributed by atoms with van der Waals surface area (Å²) < 4.78 is 5.61. The van der Waals surface area contributed by atoms with Crippen molar-refractivity contribution in [1.82, 2.24) is 10.2 Å². The van der Waals surface area contributed by atoms with Gasteiger partial charge in [0.05, 0.1) is 13.0 Å². The van der Waals surface area contributed by atoms with Gasteiger partial charge < -0.3 is 15.0 Å². The number of hydrogen-bond donors (Lipinski definition) is 1. The average molecular weight is 338 g/mol. The highest BCUT2D eigenvalue weighted by atomic mass is 16.5. The third-order valence-corrected chi connectivity index (χ3v) is 4.22. The number of amides is 2. The Morgan fingerprint density at radius 2 is 2.00 bits per heavy atom. The molecule has 0 spiro atoms. The maximum atomic E-state index is 12.7. The van der Waals surface area contributed by atoms with Gasteiger partial charge in [0.15, 0.2) is 0 Å². The van der Waals surface area contributed by atoms with E-state index in [-0.39, 0.29) is 18.2 Å². The van der Waals surface area contributed by atoms with Crippen LogP contribution in [0.1, 0.15) is 23.6 Å². The molecule has 1 fully saturated rings. The lowest BCUT2D eigenvalue weighted by molar-refractivity contribution is -0.143. The largest absolute Gasteiger partial charge is 0.493 e. The Kier molecular flexibility index (Phi) is 5.33. The van der Waals surface area contributed by atoms with Crippen molar-refractivity contribution in [3.8, 4) is 5.75 Å². The maximum absolute atomic E-state index is 12.7. The molecule has 1 aliphatic heterocycles. The number of ether oxygens (including phenoxy) is 1. The van der Waals surface area contributed by atoms with Crippen molar-refractivity contribution in [2.75, 3.05) is 19.7 Å². The molecule has 1 N–H and O–H groups in total. The second kappa shape index (κ2) is 7.83. The van der Waals surface area contributed by atoms with E-state index in [4.69, 9.17) is 4.74 Å². The summed E-state index contributed by atoms with van der Waals surface area (Å²) in [4.78, 5) is 26.7. The molecule has 5 heteroatoms. The third-order valence-electron chi connectivity index (χ3n) is 4.22. The number of para-hydroxylation sites is 1. The highest BCUT2D eigenvalue weighted by molar-refractivity contribution is 5.89. The van der Waals surface area contributed by atoms with Crippen LogP contribution >= 0.6 is 0 Å². The molecule has 1 saturated heterocycles. The number of piperazine rings is 1. The topological polar surface area (TPSA) is 58.6 Å². The number of carbonyl (C=O) groups is 2. The molecule has 0 saturated carbocycles. The third kappa shape index (κ3) is 4.18. The highest BCUT2D eigenvalue weighted by Gasteiger charge is 2.34. The monoisotopic (exact) mass is 338 g/mol. The molecule has 25 heavy (non-hydrogen) atoms. The number of carbonyl (C=O) groups excluding carboxylic acids is 2. The SMILES string of the molecule is Cc1cccc(C2C(=O)NCCN2C(=O)CCOc2ccccc2)c1. The normalized spacial score (nSPS) is 17.1. The summed E-state index contributed by atoms with van der Waals surface area (Å²) in [6.45, 7) is 3.26. The second-order valence-electron chi connectivity index (χ2n) is 6.11. The van der Waals surface area contributed by atoms with Gasteiger partial charge >= 0.3 is 0 Å². The second-order valence-corrected chi connectivity index (χ2v) is 6.11. The molecule has 130 valence electrons. The number of benzene rings is 2. The Labute approximate surface area is 147 Å². The van der Waals surface area contributed by atoms with Crippen molar-refractivity contribution in [3.63, 3.8) is 0 Å². The minimum absolute atomic E-state index is 0.0720. The van der Waals surface area contributed by atoms with Crippen LogP contribution in [0.25, 0.3) is 0 Å². The van der Waals surface area contributed by atoms with Crippen molar-refractivity contribution in [3.05, 3.63) is 65.7 Å². The highest BCUT2D eigenvalue weighted by Crippen LogP contribution is 2.25. The van der Waals surface area contributed by atoms with Gasteiger partial charge in [-0.25, -0.2) is 0 Å². The summed E-state index contributed by atoms with van der Waals surface area (Å²) in [5.41, 5.74) is 1.91. The van der Waals surface area contributed by atoms with Crippen LogP contribution in [0.15, 0.2) is 54.6 Å². The van der Waals surface area contributed by atoms with E-state index >= 15 is 0 Å². The molecule has 1 unspecified atom stereocenters. The van der Waals surface area contributed by atoms with Gasteiger partial charge in [0.2, 0.25) is 11.8 Å². The van der Waals surface area contributed by atoms with E-state index in [0.29, 0.717) is 19.7 Å². The van der Waals surface area contributed by atoms with Crippen LogP contribution < -0.4 is 10.1 Å². The fraction of sp³-hybridized carbons (Fsp3) is 0.300. The Bertz CT molecular complexity index is 746. The van der Waals surface area contributed by atoms with E-state index < -0.39 is 6.04 Å². The van der Waals surface area contributed by atoms with Crippen molar-refractivity contribution in [2.45, 2.75) is 19.4 Å². The van der Waals surface area contributed by atoms with Crippen LogP contribution in [0.4, 0.5) is 0 Å². The first-order valence-corrected chi connectivity index (χ1v) is 8.47. The Morgan fingerprint density at radius 1 is 1.20 bits per heavy atom. The lowest BCUT2D eigenvalue weighted by atomic mass is 10.00. The quantitative estimate of drug-likeness (QED) is 0.911. The van der Waals surface area contributed by atoms with Gasteiger partial charge in [-0.1, -0.05) is 48.0 Å². The fourth-order valence-corrected chi connectivity index (χ4v) is 3.02. The van der Waals surface area contributed by atoms with Crippen molar-refractivity contribution >= 4 is 11.8 Å². The molecule has 1 heterocycles. The minimum Gasteiger partial charge on any atom is -0.493 e. The van der Waals surface area contributed by atoms with Gasteiger partial charge in [-0.15, -0.1) is 0 Å². The number of nitrogens with zero attached hydrogens (tertiary/aromatic N) is 1. The van der Waals surface area contributed by atoms with Crippen LogP contribution in [0.3, 0.4) is 0 Å². The minimum atomic E-state index is -0.571. The Morgan fingerprint density at radius 3 is 2.76 bits per heavy atom. The zero-order valence-corrected chi connectivity index (χ0v) is 14.3. The van der Waals surface area contributed by atoms with E-state index in [0.717, 1.165) is 16.9 Å². The average Bonchev–Trinajstić information content (AvgIpc) is 2.62. The lowest BCUT2D eigenvalue weighted by Crippen LogP contribution is -2.52. The summed E-state index contributed by atoms with van der Waals surface area (Å²) >= 11 is 0. The fourth-order valence-electron chi connectivity index (χ4n) is 3.02. The van der Waals surface area contributed by atoms with Crippen LogP contribution in [0.5, 0.6) is 5.75 Å². The lowest BCUT2D eigenvalue weighted by Gasteiger charge is -2.35. The molecular formula is C20H22N2O3. The summed E-state index contributed by atoms with van der Waals surface area (Å²) in [6, 6.07) is 16.6. The molecule has 0 aliphatic carbocycles. The smallest absolute Gasteiger partial charge is 0.247 e. The van der Waals surface area contributed by atoms with Gasteiger partial charge in [0, 0.05) is 13.1 Å². The summed E-state index contributed by atoms with van der Waals surface area (Å²) in [5, 5.41) is 2.85. The number of hydrogen-bond acceptors (Lipinski definition) is 3. The number of rotatable bonds is 5. The maximum Gasteiger partial charge on any atom is 0.247 e. The molecule has 0 aromatic heterocycles. The molecule has 1 aliphatic rings. The first-order chi connectivity index (χ1) is 12.1. The van der Waals surface area contributed by atoms with Crippen LogP contribution in [0.2, 0.25) is 0 Å². The molecule has 0 radical (unpaired) electrons. The van der Waals surface area contributed by atoms with Crippen molar-refractivity contribution in [1.29, 1.82) is 0 Å². The van der Waals surface area contributed by atoms with Crippen molar-refractivity contribution < 1.29 is 14.3 Å². The zero-order valence-electron chi connectivity index (χ0n) is 14.3. The number of aryl methyl sites for hydroxylation is 1. The zero-order chi connectivity index (χ0) is 17.6. The molecular weight excluding hydrogens is 316 g/mol. The van der Waals surface area contributed by atoms with E-state index in [9.17, 15) is 9.59 Å². The molecule has 2 aromatic rings. The van der Waals surface area contributed by atoms with Gasteiger partial charge in [-0.2, -0.15) is 0 Å². The Balaban J connectivity index is 1.67. The van der Waals surface area contributed by atoms with E-state index in [1.54, 1.807) is 4.90 Å². The van der Waals surface area contributed by atoms with Crippen LogP contribution in [0, 0.1) is 6.92 Å². The van der Waals surface area contributed by atoms with E-state index in [1.807, 2.05) is 61.5 Å². The van der Waals surface area contributed by atoms with Gasteiger partial charge in [0.25, 0.3) is 0 Å². The standard InChI is InChI=1S/C20H22N2O3/c1-15-6-5-7-16(14-15)19-20(24)21-11-12-22(19)18(23)10-13-25-17-8-3-2-4-9-17/h2-9,14,19H,10-13H2,1H3,(H,21,24). The molecule has 1 atom stereocenters. The first kappa shape index (κ1) is 17.0. The summed E-state index contributed by atoms with van der Waals surface area (Å²) in [7, 11) is 0. The van der Waals surface area contributed by atoms with E-state index in [2.05, 4.69) is 5.32 Å². The van der Waals surface area contributed by atoms with Crippen molar-refractivity contribution in [2.24, 2.45) is 0 Å². The van der Waals surface area contributed by atoms with Gasteiger partial charge in [-0.05, 0) is 24.6 Å². The molecule has 2 amide bonds. The summed E-state index contributed by atoms with van der Waals surface area (Å²) in [6.07, 6.45) is 0.241. The molecule has 5 nitrogen and oxygen atoms in total. The Hall–Kier alpha value is -2.82. The number of nitrogens with one attached hydrogen (secondary N) is 1. The summed E-state index contributed by atoms with van der Waals surface area (Å²) in [5.74, 6) is 0.536. The molecule has 2 aromatic carbocycles. The van der Waals surface area contributed by atoms with Gasteiger partial charge in [-0.3, -0.25) is 9.59 Å². The van der Waals surface area contributed by atoms with Gasteiger partial charge in [0.1, 0.15) is 11.8 Å². The van der Waals surface area contributed by atoms with E-state index in [1.165, 1.54) is 0 Å². The van der Waals surface area contributed by atoms with Crippen LogP contribution in [-0.4, -0.2) is 36.4 Å². The van der Waals surface area contributed by atoms with Crippen LogP contribution in [-0.2, 0) is 9.59 Å².